The van der Waals surface area contributed by atoms with Crippen LogP contribution in [0, 0.1) is 0 Å². The van der Waals surface area contributed by atoms with Crippen LogP contribution < -0.4 is 4.90 Å². The molecule has 0 N–H and O–H groups in total. The normalized spacial score (nSPS) is 11.2. The minimum Gasteiger partial charge on any atom is -0.370 e. The van der Waals surface area contributed by atoms with Crippen LogP contribution in [0.2, 0.25) is 0 Å². The Morgan fingerprint density at radius 2 is 2.00 bits per heavy atom. The van der Waals surface area contributed by atoms with Crippen LogP contribution in [0.15, 0.2) is 18.2 Å². The molecule has 0 aliphatic carbocycles. The van der Waals surface area contributed by atoms with E-state index >= 15 is 0 Å². The average Bonchev–Trinajstić information content (AvgIpc) is 2.93. The van der Waals surface area contributed by atoms with E-state index in [0.717, 1.165) is 69.2 Å². The molecule has 5 heteroatoms. The van der Waals surface area contributed by atoms with Gasteiger partial charge < -0.3 is 14.3 Å². The Labute approximate surface area is 156 Å². The number of anilines is 1. The molecule has 2 aromatic rings. The van der Waals surface area contributed by atoms with Crippen molar-refractivity contribution in [3.8, 4) is 0 Å². The monoisotopic (exact) mass is 363 g/mol. The van der Waals surface area contributed by atoms with Crippen LogP contribution in [-0.2, 0) is 18.3 Å². The van der Waals surface area contributed by atoms with E-state index in [1.54, 1.807) is 0 Å². The third-order valence-electron chi connectivity index (χ3n) is 4.64. The summed E-state index contributed by atoms with van der Waals surface area (Å²) in [5.41, 5.74) is 3.45. The predicted molar refractivity (Wildman–Crippen MR) is 107 cm³/mol. The first-order valence-electron chi connectivity index (χ1n) is 9.41. The third-order valence-corrected chi connectivity index (χ3v) is 4.81. The highest BCUT2D eigenvalue weighted by atomic mass is 35.5. The Bertz CT molecular complexity index is 662. The Balaban J connectivity index is 2.05. The molecule has 4 nitrogen and oxygen atoms in total. The van der Waals surface area contributed by atoms with E-state index in [4.69, 9.17) is 16.6 Å². The Kier molecular flexibility index (Phi) is 8.26. The number of alkyl halides is 1. The quantitative estimate of drug-likeness (QED) is 0.311. The van der Waals surface area contributed by atoms with Gasteiger partial charge in [0.2, 0.25) is 0 Å². The number of aldehydes is 1. The number of halogens is 1. The van der Waals surface area contributed by atoms with Gasteiger partial charge in [-0.05, 0) is 37.5 Å². The number of nitrogens with zero attached hydrogens (tertiary/aromatic N) is 3. The van der Waals surface area contributed by atoms with E-state index < -0.39 is 0 Å². The van der Waals surface area contributed by atoms with E-state index in [1.807, 2.05) is 0 Å². The van der Waals surface area contributed by atoms with Crippen molar-refractivity contribution in [2.24, 2.45) is 7.05 Å². The maximum Gasteiger partial charge on any atom is 0.119 e. The lowest BCUT2D eigenvalue weighted by Crippen LogP contribution is -2.26. The minimum atomic E-state index is 0.635. The van der Waals surface area contributed by atoms with E-state index in [2.05, 4.69) is 41.6 Å². The lowest BCUT2D eigenvalue weighted by molar-refractivity contribution is -0.107. The summed E-state index contributed by atoms with van der Waals surface area (Å²) in [6.45, 7) is 4.06. The Morgan fingerprint density at radius 3 is 2.72 bits per heavy atom. The molecule has 0 atom stereocenters. The highest BCUT2D eigenvalue weighted by molar-refractivity contribution is 6.18. The maximum atomic E-state index is 10.3. The molecular weight excluding hydrogens is 334 g/mol. The lowest BCUT2D eigenvalue weighted by Gasteiger charge is -2.23. The summed E-state index contributed by atoms with van der Waals surface area (Å²) in [6.07, 6.45) is 8.19. The van der Waals surface area contributed by atoms with Gasteiger partial charge in [-0.25, -0.2) is 4.98 Å². The van der Waals surface area contributed by atoms with Crippen LogP contribution in [0.4, 0.5) is 5.69 Å². The Morgan fingerprint density at radius 1 is 1.20 bits per heavy atom. The van der Waals surface area contributed by atoms with Crippen LogP contribution in [0.1, 0.15) is 51.3 Å². The maximum absolute atomic E-state index is 10.3. The molecule has 2 rings (SSSR count). The van der Waals surface area contributed by atoms with Crippen molar-refractivity contribution < 1.29 is 4.79 Å². The van der Waals surface area contributed by atoms with Gasteiger partial charge in [0, 0.05) is 44.5 Å². The minimum absolute atomic E-state index is 0.635. The number of carbonyl (C=O) groups is 1. The van der Waals surface area contributed by atoms with Crippen molar-refractivity contribution in [1.82, 2.24) is 9.55 Å². The number of unbranched alkanes of at least 4 members (excludes halogenated alkanes) is 4. The SMILES string of the molecule is CCCN(CCCl)c1ccc2c(c1)nc(CCCCCCC=O)n2C. The molecule has 0 spiro atoms. The number of hydrogen-bond acceptors (Lipinski definition) is 3. The number of aryl methyl sites for hydroxylation is 2. The molecule has 1 aromatic heterocycles. The summed E-state index contributed by atoms with van der Waals surface area (Å²) in [5, 5.41) is 0. The molecule has 0 amide bonds. The topological polar surface area (TPSA) is 38.1 Å². The van der Waals surface area contributed by atoms with Gasteiger partial charge in [0.05, 0.1) is 11.0 Å². The highest BCUT2D eigenvalue weighted by Gasteiger charge is 2.11. The van der Waals surface area contributed by atoms with Crippen molar-refractivity contribution in [2.75, 3.05) is 23.9 Å². The van der Waals surface area contributed by atoms with Gasteiger partial charge in [-0.15, -0.1) is 11.6 Å². The zero-order chi connectivity index (χ0) is 18.1. The largest absolute Gasteiger partial charge is 0.370 e. The van der Waals surface area contributed by atoms with E-state index in [-0.39, 0.29) is 0 Å². The molecule has 0 unspecified atom stereocenters. The van der Waals surface area contributed by atoms with Gasteiger partial charge in [-0.3, -0.25) is 0 Å². The van der Waals surface area contributed by atoms with Gasteiger partial charge in [0.1, 0.15) is 12.1 Å². The fourth-order valence-corrected chi connectivity index (χ4v) is 3.47. The number of rotatable bonds is 12. The molecule has 0 saturated carbocycles. The van der Waals surface area contributed by atoms with Crippen LogP contribution in [0.3, 0.4) is 0 Å². The van der Waals surface area contributed by atoms with Crippen molar-refractivity contribution in [2.45, 2.75) is 51.9 Å². The van der Waals surface area contributed by atoms with Crippen LogP contribution in [0.25, 0.3) is 11.0 Å². The molecule has 0 bridgehead atoms. The van der Waals surface area contributed by atoms with Gasteiger partial charge in [0.25, 0.3) is 0 Å². The van der Waals surface area contributed by atoms with Crippen molar-refractivity contribution in [3.63, 3.8) is 0 Å². The molecule has 1 aromatic carbocycles. The smallest absolute Gasteiger partial charge is 0.119 e. The summed E-state index contributed by atoms with van der Waals surface area (Å²) in [5.74, 6) is 1.78. The molecular formula is C20H30ClN3O. The first-order chi connectivity index (χ1) is 12.2. The van der Waals surface area contributed by atoms with Crippen molar-refractivity contribution in [1.29, 1.82) is 0 Å². The molecule has 0 radical (unpaired) electrons. The third kappa shape index (κ3) is 5.46. The van der Waals surface area contributed by atoms with Gasteiger partial charge in [-0.1, -0.05) is 19.8 Å². The second-order valence-corrected chi connectivity index (χ2v) is 6.93. The molecule has 138 valence electrons. The number of hydrogen-bond donors (Lipinski definition) is 0. The molecule has 0 aliphatic heterocycles. The summed E-state index contributed by atoms with van der Waals surface area (Å²) in [4.78, 5) is 17.5. The van der Waals surface area contributed by atoms with Crippen LogP contribution >= 0.6 is 11.6 Å². The molecule has 0 saturated heterocycles. The van der Waals surface area contributed by atoms with Crippen molar-refractivity contribution >= 4 is 34.6 Å². The molecule has 25 heavy (non-hydrogen) atoms. The number of aromatic nitrogens is 2. The lowest BCUT2D eigenvalue weighted by atomic mass is 10.1. The van der Waals surface area contributed by atoms with E-state index in [0.29, 0.717) is 12.3 Å². The first kappa shape index (κ1) is 19.8. The van der Waals surface area contributed by atoms with Crippen molar-refractivity contribution in [3.05, 3.63) is 24.0 Å². The zero-order valence-electron chi connectivity index (χ0n) is 15.5. The van der Waals surface area contributed by atoms with Crippen LogP contribution in [0.5, 0.6) is 0 Å². The number of benzene rings is 1. The number of fused-ring (bicyclic) bond motifs is 1. The van der Waals surface area contributed by atoms with E-state index in [1.165, 1.54) is 11.2 Å². The van der Waals surface area contributed by atoms with Crippen LogP contribution in [-0.4, -0.2) is 34.8 Å². The fraction of sp³-hybridized carbons (Fsp3) is 0.600. The summed E-state index contributed by atoms with van der Waals surface area (Å²) in [7, 11) is 2.10. The molecule has 0 fully saturated rings. The highest BCUT2D eigenvalue weighted by Crippen LogP contribution is 2.23. The fourth-order valence-electron chi connectivity index (χ4n) is 3.26. The zero-order valence-corrected chi connectivity index (χ0v) is 16.3. The van der Waals surface area contributed by atoms with E-state index in [9.17, 15) is 4.79 Å². The van der Waals surface area contributed by atoms with Gasteiger partial charge >= 0.3 is 0 Å². The van der Waals surface area contributed by atoms with Gasteiger partial charge in [-0.2, -0.15) is 0 Å². The first-order valence-corrected chi connectivity index (χ1v) is 9.94. The number of imidazole rings is 1. The predicted octanol–water partition coefficient (Wildman–Crippen LogP) is 4.72. The Hall–Kier alpha value is -1.55. The standard InChI is InChI=1S/C20H30ClN3O/c1-3-13-24(14-12-21)17-10-11-19-18(16-17)22-20(23(19)2)9-7-5-4-6-8-15-25/h10-11,15-16H,3-9,12-14H2,1-2H3. The summed E-state index contributed by atoms with van der Waals surface area (Å²) < 4.78 is 2.20. The van der Waals surface area contributed by atoms with Gasteiger partial charge in [0.15, 0.2) is 0 Å². The summed E-state index contributed by atoms with van der Waals surface area (Å²) in [6, 6.07) is 6.53. The molecule has 0 aliphatic rings. The number of carbonyl (C=O) groups excluding carboxylic acids is 1. The summed E-state index contributed by atoms with van der Waals surface area (Å²) >= 11 is 5.95. The molecule has 1 heterocycles. The second kappa shape index (κ2) is 10.4. The second-order valence-electron chi connectivity index (χ2n) is 6.56. The average molecular weight is 364 g/mol.